The largest absolute Gasteiger partial charge is 0.460 e. The quantitative estimate of drug-likeness (QED) is 0.336. The molecule has 0 aromatic rings. The average Bonchev–Trinajstić information content (AvgIpc) is 1.99. The molecule has 4 heteroatoms. The van der Waals surface area contributed by atoms with E-state index in [1.54, 1.807) is 6.92 Å². The number of rotatable bonds is 4. The molecule has 0 saturated heterocycles. The molecule has 0 heterocycles. The van der Waals surface area contributed by atoms with E-state index in [9.17, 15) is 4.79 Å². The van der Waals surface area contributed by atoms with Gasteiger partial charge >= 0.3 is 5.97 Å². The Bertz CT molecular complexity index is 156. The number of carbonyl (C=O) groups excluding carboxylic acids is 1. The lowest BCUT2D eigenvalue weighted by molar-refractivity contribution is -0.141. The van der Waals surface area contributed by atoms with Crippen LogP contribution in [0.15, 0.2) is 12.2 Å². The molecule has 0 fully saturated rings. The highest BCUT2D eigenvalue weighted by Crippen LogP contribution is 1.94. The van der Waals surface area contributed by atoms with E-state index in [0.717, 1.165) is 0 Å². The van der Waals surface area contributed by atoms with Crippen LogP contribution in [0.25, 0.3) is 0 Å². The van der Waals surface area contributed by atoms with Gasteiger partial charge in [0.1, 0.15) is 17.1 Å². The monoisotopic (exact) mass is 174 g/mol. The minimum absolute atomic E-state index is 0.00460. The van der Waals surface area contributed by atoms with E-state index in [1.807, 2.05) is 6.92 Å². The van der Waals surface area contributed by atoms with E-state index in [4.69, 9.17) is 9.16 Å². The molecule has 0 bridgehead atoms. The minimum atomic E-state index is -0.351. The van der Waals surface area contributed by atoms with Gasteiger partial charge in [-0.3, -0.25) is 0 Å². The topological polar surface area (TPSA) is 35.5 Å². The Balaban J connectivity index is 3.54. The van der Waals surface area contributed by atoms with Gasteiger partial charge in [0.15, 0.2) is 0 Å². The van der Waals surface area contributed by atoms with Crippen LogP contribution in [0.4, 0.5) is 0 Å². The Morgan fingerprint density at radius 2 is 2.27 bits per heavy atom. The Hall–Kier alpha value is -0.613. The third kappa shape index (κ3) is 4.75. The molecule has 1 unspecified atom stereocenters. The maximum absolute atomic E-state index is 10.8. The van der Waals surface area contributed by atoms with Crippen LogP contribution in [-0.4, -0.2) is 29.2 Å². The summed E-state index contributed by atoms with van der Waals surface area (Å²) >= 11 is 0. The first kappa shape index (κ1) is 10.4. The molecule has 0 radical (unpaired) electrons. The van der Waals surface area contributed by atoms with Crippen LogP contribution in [0.5, 0.6) is 0 Å². The third-order valence-corrected chi connectivity index (χ3v) is 2.00. The fourth-order valence-electron chi connectivity index (χ4n) is 0.384. The second-order valence-corrected chi connectivity index (χ2v) is 2.90. The number of hydrogen-bond donors (Lipinski definition) is 0. The number of hydrogen-bond acceptors (Lipinski definition) is 3. The van der Waals surface area contributed by atoms with Crippen LogP contribution < -0.4 is 0 Å². The summed E-state index contributed by atoms with van der Waals surface area (Å²) in [4.78, 5) is 10.8. The molecule has 64 valence electrons. The van der Waals surface area contributed by atoms with E-state index < -0.39 is 0 Å². The van der Waals surface area contributed by atoms with E-state index in [1.165, 1.54) is 0 Å². The van der Waals surface area contributed by atoms with Crippen molar-refractivity contribution in [2.45, 2.75) is 20.0 Å². The van der Waals surface area contributed by atoms with Gasteiger partial charge in [-0.2, -0.15) is 0 Å². The first-order valence-electron chi connectivity index (χ1n) is 3.43. The number of esters is 1. The molecule has 0 amide bonds. The molecule has 0 N–H and O–H groups in total. The maximum atomic E-state index is 10.8. The lowest BCUT2D eigenvalue weighted by atomic mass is 10.3. The molecule has 0 aromatic heterocycles. The molecular formula is C7H14O3Si. The summed E-state index contributed by atoms with van der Waals surface area (Å²) in [6.07, 6.45) is 0.00460. The zero-order chi connectivity index (χ0) is 8.85. The SMILES string of the molecule is C=C(C)C(=O)OCC(C)O[SiH3]. The predicted molar refractivity (Wildman–Crippen MR) is 46.3 cm³/mol. The lowest BCUT2D eigenvalue weighted by Crippen LogP contribution is -2.18. The molecule has 11 heavy (non-hydrogen) atoms. The summed E-state index contributed by atoms with van der Waals surface area (Å²) in [5.41, 5.74) is 0.422. The van der Waals surface area contributed by atoms with Crippen molar-refractivity contribution in [2.75, 3.05) is 6.61 Å². The standard InChI is InChI=1S/C7H14O3Si/c1-5(2)7(8)9-4-6(3)10-11/h6H,1,4H2,2-3,11H3. The van der Waals surface area contributed by atoms with Gasteiger partial charge in [0, 0.05) is 5.57 Å². The van der Waals surface area contributed by atoms with Gasteiger partial charge in [0.2, 0.25) is 0 Å². The molecule has 0 rings (SSSR count). The molecule has 3 nitrogen and oxygen atoms in total. The van der Waals surface area contributed by atoms with Crippen molar-refractivity contribution in [2.24, 2.45) is 0 Å². The van der Waals surface area contributed by atoms with E-state index >= 15 is 0 Å². The Labute approximate surface area is 69.9 Å². The molecule has 0 aliphatic carbocycles. The summed E-state index contributed by atoms with van der Waals surface area (Å²) in [6.45, 7) is 7.25. The molecule has 1 atom stereocenters. The molecule has 0 aliphatic heterocycles. The number of ether oxygens (including phenoxy) is 1. The molecule has 0 saturated carbocycles. The van der Waals surface area contributed by atoms with Crippen LogP contribution >= 0.6 is 0 Å². The zero-order valence-electron chi connectivity index (χ0n) is 7.22. The van der Waals surface area contributed by atoms with Gasteiger partial charge in [-0.1, -0.05) is 6.58 Å². The van der Waals surface area contributed by atoms with Crippen molar-refractivity contribution in [1.82, 2.24) is 0 Å². The smallest absolute Gasteiger partial charge is 0.333 e. The Morgan fingerprint density at radius 3 is 2.64 bits per heavy atom. The highest BCUT2D eigenvalue weighted by Gasteiger charge is 2.05. The maximum Gasteiger partial charge on any atom is 0.333 e. The van der Waals surface area contributed by atoms with Crippen molar-refractivity contribution in [3.63, 3.8) is 0 Å². The summed E-state index contributed by atoms with van der Waals surface area (Å²) < 4.78 is 9.83. The van der Waals surface area contributed by atoms with Gasteiger partial charge in [-0.25, -0.2) is 4.79 Å². The van der Waals surface area contributed by atoms with Gasteiger partial charge in [0.05, 0.1) is 6.10 Å². The van der Waals surface area contributed by atoms with Gasteiger partial charge in [0.25, 0.3) is 0 Å². The fraction of sp³-hybridized carbons (Fsp3) is 0.571. The summed E-state index contributed by atoms with van der Waals surface area (Å²) in [6, 6.07) is 0. The van der Waals surface area contributed by atoms with Crippen molar-refractivity contribution >= 4 is 16.5 Å². The van der Waals surface area contributed by atoms with Crippen LogP contribution in [0.3, 0.4) is 0 Å². The second-order valence-electron chi connectivity index (χ2n) is 2.43. The van der Waals surface area contributed by atoms with Gasteiger partial charge in [-0.05, 0) is 13.8 Å². The molecule has 0 aliphatic rings. The molecule has 0 spiro atoms. The van der Waals surface area contributed by atoms with Crippen molar-refractivity contribution in [3.8, 4) is 0 Å². The number of carbonyl (C=O) groups is 1. The highest BCUT2D eigenvalue weighted by atomic mass is 28.2. The fourth-order valence-corrected chi connectivity index (χ4v) is 0.520. The highest BCUT2D eigenvalue weighted by molar-refractivity contribution is 5.98. The van der Waals surface area contributed by atoms with Crippen molar-refractivity contribution in [3.05, 3.63) is 12.2 Å². The first-order chi connectivity index (χ1) is 5.07. The van der Waals surface area contributed by atoms with Crippen LogP contribution in [-0.2, 0) is 14.0 Å². The van der Waals surface area contributed by atoms with Crippen LogP contribution in [0.2, 0.25) is 0 Å². The second kappa shape index (κ2) is 5.09. The van der Waals surface area contributed by atoms with Gasteiger partial charge in [-0.15, -0.1) is 0 Å². The summed E-state index contributed by atoms with van der Waals surface area (Å²) in [5, 5.41) is 0. The molecular weight excluding hydrogens is 160 g/mol. The predicted octanol–water partition coefficient (Wildman–Crippen LogP) is -0.209. The third-order valence-electron chi connectivity index (χ3n) is 1.20. The summed E-state index contributed by atoms with van der Waals surface area (Å²) in [5.74, 6) is -0.351. The summed E-state index contributed by atoms with van der Waals surface area (Å²) in [7, 11) is 0.665. The van der Waals surface area contributed by atoms with Crippen molar-refractivity contribution in [1.29, 1.82) is 0 Å². The first-order valence-corrected chi connectivity index (χ1v) is 4.25. The lowest BCUT2D eigenvalue weighted by Gasteiger charge is -2.09. The average molecular weight is 174 g/mol. The minimum Gasteiger partial charge on any atom is -0.460 e. The van der Waals surface area contributed by atoms with Gasteiger partial charge < -0.3 is 9.16 Å². The van der Waals surface area contributed by atoms with E-state index in [0.29, 0.717) is 22.7 Å². The van der Waals surface area contributed by atoms with E-state index in [-0.39, 0.29) is 12.1 Å². The zero-order valence-corrected chi connectivity index (χ0v) is 9.22. The van der Waals surface area contributed by atoms with Crippen LogP contribution in [0.1, 0.15) is 13.8 Å². The van der Waals surface area contributed by atoms with Crippen LogP contribution in [0, 0.1) is 0 Å². The van der Waals surface area contributed by atoms with Crippen molar-refractivity contribution < 1.29 is 14.0 Å². The van der Waals surface area contributed by atoms with E-state index in [2.05, 4.69) is 6.58 Å². The molecule has 0 aromatic carbocycles. The normalized spacial score (nSPS) is 12.5. The Morgan fingerprint density at radius 1 is 1.73 bits per heavy atom. The Kier molecular flexibility index (Phi) is 4.81.